The van der Waals surface area contributed by atoms with Crippen molar-refractivity contribution in [1.29, 1.82) is 0 Å². The lowest BCUT2D eigenvalue weighted by Crippen LogP contribution is -2.47. The van der Waals surface area contributed by atoms with E-state index in [-0.39, 0.29) is 12.3 Å². The quantitative estimate of drug-likeness (QED) is 0.809. The van der Waals surface area contributed by atoms with Crippen LogP contribution in [0.3, 0.4) is 0 Å². The molecule has 3 heterocycles. The van der Waals surface area contributed by atoms with Crippen LogP contribution in [0.5, 0.6) is 0 Å². The second-order valence-electron chi connectivity index (χ2n) is 5.85. The molecular weight excluding hydrogens is 290 g/mol. The van der Waals surface area contributed by atoms with E-state index in [1.165, 1.54) is 11.2 Å². The topological polar surface area (TPSA) is 110 Å². The molecule has 0 saturated carbocycles. The molecule has 2 saturated heterocycles. The first-order chi connectivity index (χ1) is 10.6. The van der Waals surface area contributed by atoms with Gasteiger partial charge in [0.1, 0.15) is 12.4 Å². The molecule has 1 amide bonds. The summed E-state index contributed by atoms with van der Waals surface area (Å²) in [6, 6.07) is -0.710. The summed E-state index contributed by atoms with van der Waals surface area (Å²) in [6.45, 7) is 1.57. The van der Waals surface area contributed by atoms with Gasteiger partial charge in [-0.25, -0.2) is 9.48 Å². The van der Waals surface area contributed by atoms with Gasteiger partial charge >= 0.3 is 5.97 Å². The van der Waals surface area contributed by atoms with Crippen molar-refractivity contribution in [3.8, 4) is 0 Å². The van der Waals surface area contributed by atoms with Crippen molar-refractivity contribution in [3.05, 3.63) is 6.33 Å². The highest BCUT2D eigenvalue weighted by Crippen LogP contribution is 2.33. The lowest BCUT2D eigenvalue weighted by Gasteiger charge is -2.37. The van der Waals surface area contributed by atoms with E-state index in [0.717, 1.165) is 6.42 Å². The van der Waals surface area contributed by atoms with E-state index in [0.29, 0.717) is 39.0 Å². The molecule has 2 aliphatic heterocycles. The number of rotatable bonds is 4. The summed E-state index contributed by atoms with van der Waals surface area (Å²) in [5, 5.41) is 20.5. The molecule has 0 bridgehead atoms. The number of carbonyl (C=O) groups is 2. The number of hydrogen-bond acceptors (Lipinski definition) is 6. The maximum absolute atomic E-state index is 12.7. The van der Waals surface area contributed by atoms with E-state index in [4.69, 9.17) is 4.74 Å². The molecule has 1 N–H and O–H groups in total. The normalized spacial score (nSPS) is 24.4. The maximum Gasteiger partial charge on any atom is 0.326 e. The average Bonchev–Trinajstić information content (AvgIpc) is 3.20. The van der Waals surface area contributed by atoms with Gasteiger partial charge in [-0.05, 0) is 36.1 Å². The van der Waals surface area contributed by atoms with Crippen LogP contribution in [0.2, 0.25) is 0 Å². The summed E-state index contributed by atoms with van der Waals surface area (Å²) in [4.78, 5) is 25.4. The Balaban J connectivity index is 1.79. The van der Waals surface area contributed by atoms with Gasteiger partial charge in [0.15, 0.2) is 0 Å². The third-order valence-electron chi connectivity index (χ3n) is 4.60. The number of hydrogen-bond donors (Lipinski definition) is 1. The molecule has 1 aromatic heterocycles. The molecule has 2 fully saturated rings. The zero-order valence-electron chi connectivity index (χ0n) is 12.2. The lowest BCUT2D eigenvalue weighted by atomic mass is 9.86. The van der Waals surface area contributed by atoms with E-state index < -0.39 is 17.6 Å². The highest BCUT2D eigenvalue weighted by atomic mass is 16.5. The standard InChI is InChI=1S/C13H19N5O4/c19-11(17-5-1-2-10(17)12(20)21)8-13(3-6-22-7-4-13)18-9-14-15-16-18/h9-10H,1-8H2,(H,20,21). The molecule has 22 heavy (non-hydrogen) atoms. The van der Waals surface area contributed by atoms with Gasteiger partial charge < -0.3 is 14.7 Å². The minimum absolute atomic E-state index is 0.151. The van der Waals surface area contributed by atoms with Crippen molar-refractivity contribution in [2.24, 2.45) is 0 Å². The van der Waals surface area contributed by atoms with E-state index in [2.05, 4.69) is 15.5 Å². The summed E-state index contributed by atoms with van der Waals surface area (Å²) >= 11 is 0. The molecule has 9 heteroatoms. The molecule has 3 rings (SSSR count). The smallest absolute Gasteiger partial charge is 0.326 e. The van der Waals surface area contributed by atoms with E-state index in [1.54, 1.807) is 4.68 Å². The molecule has 9 nitrogen and oxygen atoms in total. The van der Waals surface area contributed by atoms with Gasteiger partial charge in [0.25, 0.3) is 0 Å². The fourth-order valence-electron chi connectivity index (χ4n) is 3.32. The first kappa shape index (κ1) is 14.9. The molecule has 120 valence electrons. The third kappa shape index (κ3) is 2.68. The van der Waals surface area contributed by atoms with Gasteiger partial charge in [0.2, 0.25) is 5.91 Å². The second-order valence-corrected chi connectivity index (χ2v) is 5.85. The molecule has 2 aliphatic rings. The summed E-state index contributed by atoms with van der Waals surface area (Å²) < 4.78 is 7.01. The maximum atomic E-state index is 12.7. The number of carboxylic acids is 1. The Kier molecular flexibility index (Phi) is 4.06. The Bertz CT molecular complexity index is 541. The lowest BCUT2D eigenvalue weighted by molar-refractivity contribution is -0.149. The fourth-order valence-corrected chi connectivity index (χ4v) is 3.32. The number of amides is 1. The van der Waals surface area contributed by atoms with Crippen LogP contribution in [0, 0.1) is 0 Å². The predicted octanol–water partition coefficient (Wildman–Crippen LogP) is -0.355. The summed E-state index contributed by atoms with van der Waals surface area (Å²) in [6.07, 6.45) is 4.22. The van der Waals surface area contributed by atoms with Gasteiger partial charge in [0.05, 0.1) is 12.0 Å². The number of ether oxygens (including phenoxy) is 1. The Labute approximate surface area is 127 Å². The first-order valence-electron chi connectivity index (χ1n) is 7.46. The largest absolute Gasteiger partial charge is 0.480 e. The van der Waals surface area contributed by atoms with Crippen LogP contribution in [-0.2, 0) is 19.9 Å². The van der Waals surface area contributed by atoms with E-state index in [1.807, 2.05) is 0 Å². The average molecular weight is 309 g/mol. The SMILES string of the molecule is O=C(O)C1CCCN1C(=O)CC1(n2cnnn2)CCOCC1. The number of aliphatic carboxylic acids is 1. The van der Waals surface area contributed by atoms with Gasteiger partial charge in [-0.1, -0.05) is 0 Å². The molecule has 1 aromatic rings. The van der Waals surface area contributed by atoms with Crippen LogP contribution in [0.4, 0.5) is 0 Å². The number of nitrogens with zero attached hydrogens (tertiary/aromatic N) is 5. The van der Waals surface area contributed by atoms with Gasteiger partial charge in [0, 0.05) is 19.8 Å². The Hall–Kier alpha value is -2.03. The van der Waals surface area contributed by atoms with Crippen molar-refractivity contribution in [3.63, 3.8) is 0 Å². The van der Waals surface area contributed by atoms with Crippen molar-refractivity contribution in [2.75, 3.05) is 19.8 Å². The first-order valence-corrected chi connectivity index (χ1v) is 7.46. The highest BCUT2D eigenvalue weighted by molar-refractivity contribution is 5.84. The summed E-state index contributed by atoms with van der Waals surface area (Å²) in [5.74, 6) is -1.09. The Morgan fingerprint density at radius 3 is 2.77 bits per heavy atom. The fraction of sp³-hybridized carbons (Fsp3) is 0.769. The number of carbonyl (C=O) groups excluding carboxylic acids is 1. The number of likely N-dealkylation sites (tertiary alicyclic amines) is 1. The van der Waals surface area contributed by atoms with Gasteiger partial charge in [-0.15, -0.1) is 5.10 Å². The molecule has 0 aromatic carbocycles. The zero-order valence-corrected chi connectivity index (χ0v) is 12.2. The van der Waals surface area contributed by atoms with Crippen LogP contribution in [0.25, 0.3) is 0 Å². The van der Waals surface area contributed by atoms with Gasteiger partial charge in [-0.2, -0.15) is 0 Å². The predicted molar refractivity (Wildman–Crippen MR) is 72.8 cm³/mol. The minimum atomic E-state index is -0.936. The Morgan fingerprint density at radius 1 is 1.36 bits per heavy atom. The minimum Gasteiger partial charge on any atom is -0.480 e. The van der Waals surface area contributed by atoms with Crippen LogP contribution in [0.15, 0.2) is 6.33 Å². The van der Waals surface area contributed by atoms with Crippen LogP contribution in [-0.4, -0.2) is 67.9 Å². The van der Waals surface area contributed by atoms with Crippen molar-refractivity contribution in [1.82, 2.24) is 25.1 Å². The number of carboxylic acid groups (broad SMARTS) is 1. The van der Waals surface area contributed by atoms with Crippen molar-refractivity contribution in [2.45, 2.75) is 43.7 Å². The number of aromatic nitrogens is 4. The summed E-state index contributed by atoms with van der Waals surface area (Å²) in [7, 11) is 0. The second kappa shape index (κ2) is 5.99. The molecule has 0 aliphatic carbocycles. The third-order valence-corrected chi connectivity index (χ3v) is 4.60. The van der Waals surface area contributed by atoms with Crippen LogP contribution < -0.4 is 0 Å². The molecule has 0 spiro atoms. The van der Waals surface area contributed by atoms with Crippen LogP contribution in [0.1, 0.15) is 32.1 Å². The van der Waals surface area contributed by atoms with Crippen LogP contribution >= 0.6 is 0 Å². The monoisotopic (exact) mass is 309 g/mol. The molecule has 1 atom stereocenters. The summed E-state index contributed by atoms with van der Waals surface area (Å²) in [5.41, 5.74) is -0.523. The van der Waals surface area contributed by atoms with Crippen molar-refractivity contribution >= 4 is 11.9 Å². The molecule has 0 radical (unpaired) electrons. The molecular formula is C13H19N5O4. The zero-order chi connectivity index (χ0) is 15.6. The Morgan fingerprint density at radius 2 is 2.14 bits per heavy atom. The van der Waals surface area contributed by atoms with Gasteiger partial charge in [-0.3, -0.25) is 4.79 Å². The number of tetrazole rings is 1. The molecule has 1 unspecified atom stereocenters. The van der Waals surface area contributed by atoms with Crippen molar-refractivity contribution < 1.29 is 19.4 Å². The van der Waals surface area contributed by atoms with E-state index in [9.17, 15) is 14.7 Å². The highest BCUT2D eigenvalue weighted by Gasteiger charge is 2.42. The van der Waals surface area contributed by atoms with E-state index >= 15 is 0 Å².